The molecular formula is C23H22F2N4O6. The summed E-state index contributed by atoms with van der Waals surface area (Å²) in [4.78, 5) is 58.3. The van der Waals surface area contributed by atoms with E-state index < -0.39 is 51.8 Å². The molecule has 2 saturated heterocycles. The number of hydrogen-bond donors (Lipinski definition) is 3. The van der Waals surface area contributed by atoms with Crippen molar-refractivity contribution in [3.05, 3.63) is 63.1 Å². The molecule has 2 aromatic rings. The van der Waals surface area contributed by atoms with Crippen LogP contribution in [0.5, 0.6) is 5.75 Å². The second-order valence-electron chi connectivity index (χ2n) is 9.12. The molecule has 2 bridgehead atoms. The lowest BCUT2D eigenvalue weighted by atomic mass is 9.85. The standard InChI is InChI=1S/C23H22F2N4O6/c1-11-4-5-23(7-17(30)27-35-23)16-10-28(11)22(34)18-20(32)19(31)14(9-29(16)18)21(33)26-8-12-2-3-13(24)6-15(12)25/h2-3,6,9,11,16,32H,4-5,7-8,10H2,1H3,(H,26,33)(H,27,30). The van der Waals surface area contributed by atoms with Gasteiger partial charge in [0.05, 0.1) is 12.5 Å². The topological polar surface area (TPSA) is 130 Å². The summed E-state index contributed by atoms with van der Waals surface area (Å²) in [5.41, 5.74) is -0.528. The van der Waals surface area contributed by atoms with E-state index in [1.54, 1.807) is 0 Å². The quantitative estimate of drug-likeness (QED) is 0.594. The molecule has 5 rings (SSSR count). The number of hydrogen-bond acceptors (Lipinski definition) is 6. The Labute approximate surface area is 197 Å². The molecule has 2 fully saturated rings. The lowest BCUT2D eigenvalue weighted by Crippen LogP contribution is -2.52. The number of fused-ring (bicyclic) bond motifs is 5. The third kappa shape index (κ3) is 3.64. The number of hydroxylamine groups is 1. The van der Waals surface area contributed by atoms with Crippen LogP contribution in [0.25, 0.3) is 0 Å². The van der Waals surface area contributed by atoms with Gasteiger partial charge in [0.2, 0.25) is 11.3 Å². The van der Waals surface area contributed by atoms with Gasteiger partial charge in [-0.3, -0.25) is 24.0 Å². The largest absolute Gasteiger partial charge is 0.503 e. The molecule has 1 aromatic carbocycles. The van der Waals surface area contributed by atoms with Gasteiger partial charge in [0.25, 0.3) is 11.8 Å². The summed E-state index contributed by atoms with van der Waals surface area (Å²) in [7, 11) is 0. The van der Waals surface area contributed by atoms with Crippen LogP contribution in [0.4, 0.5) is 8.78 Å². The number of carbonyl (C=O) groups excluding carboxylic acids is 3. The summed E-state index contributed by atoms with van der Waals surface area (Å²) >= 11 is 0. The second kappa shape index (κ2) is 8.15. The van der Waals surface area contributed by atoms with Gasteiger partial charge >= 0.3 is 0 Å². The molecule has 4 heterocycles. The molecule has 3 N–H and O–H groups in total. The zero-order chi connectivity index (χ0) is 25.1. The number of aromatic hydroxyl groups is 1. The maximum Gasteiger partial charge on any atom is 0.274 e. The number of nitrogens with zero attached hydrogens (tertiary/aromatic N) is 2. The maximum atomic E-state index is 13.9. The summed E-state index contributed by atoms with van der Waals surface area (Å²) < 4.78 is 28.4. The highest BCUT2D eigenvalue weighted by molar-refractivity contribution is 5.99. The van der Waals surface area contributed by atoms with Crippen molar-refractivity contribution in [2.24, 2.45) is 0 Å². The minimum Gasteiger partial charge on any atom is -0.503 e. The van der Waals surface area contributed by atoms with Crippen molar-refractivity contribution < 1.29 is 33.1 Å². The number of rotatable bonds is 3. The smallest absolute Gasteiger partial charge is 0.274 e. The molecule has 0 radical (unpaired) electrons. The average molecular weight is 488 g/mol. The zero-order valence-corrected chi connectivity index (χ0v) is 18.6. The third-order valence-corrected chi connectivity index (χ3v) is 7.03. The predicted molar refractivity (Wildman–Crippen MR) is 115 cm³/mol. The Kier molecular flexibility index (Phi) is 5.35. The van der Waals surface area contributed by atoms with E-state index >= 15 is 0 Å². The maximum absolute atomic E-state index is 13.9. The number of carbonyl (C=O) groups is 3. The third-order valence-electron chi connectivity index (χ3n) is 7.03. The first-order valence-corrected chi connectivity index (χ1v) is 11.1. The highest BCUT2D eigenvalue weighted by Gasteiger charge is 2.54. The number of benzene rings is 1. The summed E-state index contributed by atoms with van der Waals surface area (Å²) in [5.74, 6) is -4.37. The van der Waals surface area contributed by atoms with Gasteiger partial charge in [0.1, 0.15) is 22.8 Å². The molecule has 35 heavy (non-hydrogen) atoms. The Hall–Kier alpha value is -3.80. The van der Waals surface area contributed by atoms with Crippen molar-refractivity contribution in [2.75, 3.05) is 6.54 Å². The number of nitrogens with one attached hydrogen (secondary N) is 2. The molecule has 0 saturated carbocycles. The molecule has 3 aliphatic heterocycles. The number of amides is 3. The van der Waals surface area contributed by atoms with Crippen LogP contribution in [0.1, 0.15) is 58.6 Å². The molecule has 1 spiro atoms. The molecule has 3 aliphatic rings. The molecule has 3 atom stereocenters. The van der Waals surface area contributed by atoms with E-state index in [4.69, 9.17) is 4.84 Å². The van der Waals surface area contributed by atoms with Crippen molar-refractivity contribution in [2.45, 2.75) is 50.4 Å². The van der Waals surface area contributed by atoms with Gasteiger partial charge in [-0.2, -0.15) is 0 Å². The SMILES string of the molecule is CC1CCC2(CC(=O)NO2)C2CN1C(=O)c1c(O)c(=O)c(C(=O)NCc3ccc(F)cc3F)cn12. The molecule has 0 aliphatic carbocycles. The summed E-state index contributed by atoms with van der Waals surface area (Å²) in [6.07, 6.45) is 2.11. The van der Waals surface area contributed by atoms with Crippen molar-refractivity contribution in [1.82, 2.24) is 20.3 Å². The van der Waals surface area contributed by atoms with Crippen LogP contribution in [-0.2, 0) is 16.2 Å². The van der Waals surface area contributed by atoms with Crippen molar-refractivity contribution in [1.29, 1.82) is 0 Å². The normalized spacial score (nSPS) is 25.3. The summed E-state index contributed by atoms with van der Waals surface area (Å²) in [6, 6.07) is 1.95. The first-order valence-electron chi connectivity index (χ1n) is 11.1. The van der Waals surface area contributed by atoms with Gasteiger partial charge in [-0.1, -0.05) is 6.07 Å². The fraction of sp³-hybridized carbons (Fsp3) is 0.391. The molecule has 12 heteroatoms. The monoisotopic (exact) mass is 488 g/mol. The molecule has 3 amide bonds. The van der Waals surface area contributed by atoms with Crippen molar-refractivity contribution >= 4 is 17.7 Å². The highest BCUT2D eigenvalue weighted by atomic mass is 19.1. The van der Waals surface area contributed by atoms with E-state index in [1.165, 1.54) is 9.47 Å². The Morgan fingerprint density at radius 1 is 1.31 bits per heavy atom. The van der Waals surface area contributed by atoms with Gasteiger partial charge in [0, 0.05) is 37.0 Å². The lowest BCUT2D eigenvalue weighted by Gasteiger charge is -2.41. The minimum absolute atomic E-state index is 0.00409. The first kappa shape index (κ1) is 23.0. The Balaban J connectivity index is 1.55. The van der Waals surface area contributed by atoms with Crippen molar-refractivity contribution in [3.8, 4) is 5.75 Å². The van der Waals surface area contributed by atoms with Gasteiger partial charge in [0.15, 0.2) is 11.4 Å². The molecular weight excluding hydrogens is 466 g/mol. The van der Waals surface area contributed by atoms with E-state index in [2.05, 4.69) is 10.8 Å². The second-order valence-corrected chi connectivity index (χ2v) is 9.12. The van der Waals surface area contributed by atoms with E-state index in [9.17, 15) is 33.1 Å². The minimum atomic E-state index is -1.07. The van der Waals surface area contributed by atoms with E-state index in [0.29, 0.717) is 18.9 Å². The van der Waals surface area contributed by atoms with Crippen LogP contribution in [0.3, 0.4) is 0 Å². The van der Waals surface area contributed by atoms with E-state index in [-0.39, 0.29) is 42.7 Å². The highest BCUT2D eigenvalue weighted by Crippen LogP contribution is 2.45. The zero-order valence-electron chi connectivity index (χ0n) is 18.6. The van der Waals surface area contributed by atoms with E-state index in [0.717, 1.165) is 18.3 Å². The van der Waals surface area contributed by atoms with Gasteiger partial charge in [-0.25, -0.2) is 14.3 Å². The van der Waals surface area contributed by atoms with Crippen LogP contribution < -0.4 is 16.2 Å². The number of aromatic nitrogens is 1. The Morgan fingerprint density at radius 3 is 2.77 bits per heavy atom. The number of pyridine rings is 1. The van der Waals surface area contributed by atoms with Crippen molar-refractivity contribution in [3.63, 3.8) is 0 Å². The van der Waals surface area contributed by atoms with Crippen LogP contribution in [0.15, 0.2) is 29.2 Å². The molecule has 3 unspecified atom stereocenters. The van der Waals surface area contributed by atoms with Gasteiger partial charge in [-0.15, -0.1) is 0 Å². The van der Waals surface area contributed by atoms with Gasteiger partial charge in [-0.05, 0) is 25.8 Å². The fourth-order valence-electron chi connectivity index (χ4n) is 5.07. The molecule has 1 aromatic heterocycles. The van der Waals surface area contributed by atoms with Crippen LogP contribution in [-0.4, -0.2) is 50.5 Å². The summed E-state index contributed by atoms with van der Waals surface area (Å²) in [5, 5.41) is 13.1. The van der Waals surface area contributed by atoms with Crippen LogP contribution in [0, 0.1) is 11.6 Å². The molecule has 184 valence electrons. The van der Waals surface area contributed by atoms with E-state index in [1.807, 2.05) is 6.92 Å². The fourth-order valence-corrected chi connectivity index (χ4v) is 5.07. The first-order chi connectivity index (χ1) is 16.6. The Morgan fingerprint density at radius 2 is 2.09 bits per heavy atom. The predicted octanol–water partition coefficient (Wildman–Crippen LogP) is 1.13. The molecule has 10 nitrogen and oxygen atoms in total. The average Bonchev–Trinajstić information content (AvgIpc) is 3.14. The van der Waals surface area contributed by atoms with Crippen LogP contribution >= 0.6 is 0 Å². The lowest BCUT2D eigenvalue weighted by molar-refractivity contribution is -0.128. The van der Waals surface area contributed by atoms with Gasteiger partial charge < -0.3 is 19.9 Å². The number of halogens is 2. The Bertz CT molecular complexity index is 1330. The summed E-state index contributed by atoms with van der Waals surface area (Å²) in [6.45, 7) is 1.64. The van der Waals surface area contributed by atoms with Crippen LogP contribution in [0.2, 0.25) is 0 Å².